The second-order valence-electron chi connectivity index (χ2n) is 7.87. The zero-order chi connectivity index (χ0) is 22.4. The smallest absolute Gasteiger partial charge is 0.291 e. The van der Waals surface area contributed by atoms with E-state index in [9.17, 15) is 14.0 Å². The van der Waals surface area contributed by atoms with Crippen LogP contribution in [0.2, 0.25) is 5.02 Å². The molecule has 0 saturated heterocycles. The maximum atomic E-state index is 13.5. The van der Waals surface area contributed by atoms with E-state index >= 15 is 0 Å². The van der Waals surface area contributed by atoms with Crippen LogP contribution in [-0.2, 0) is 13.0 Å². The van der Waals surface area contributed by atoms with Crippen molar-refractivity contribution >= 4 is 28.5 Å². The summed E-state index contributed by atoms with van der Waals surface area (Å²) in [6.45, 7) is 2.27. The second-order valence-corrected chi connectivity index (χ2v) is 8.31. The van der Waals surface area contributed by atoms with Crippen molar-refractivity contribution in [3.8, 4) is 0 Å². The zero-order valence-electron chi connectivity index (χ0n) is 17.3. The molecule has 0 fully saturated rings. The van der Waals surface area contributed by atoms with Gasteiger partial charge in [-0.05, 0) is 53.4 Å². The lowest BCUT2D eigenvalue weighted by Crippen LogP contribution is -2.29. The number of carbonyl (C=O) groups excluding carboxylic acids is 1. The van der Waals surface area contributed by atoms with Crippen molar-refractivity contribution in [2.24, 2.45) is 0 Å². The van der Waals surface area contributed by atoms with Gasteiger partial charge < -0.3 is 9.32 Å². The number of halogens is 2. The van der Waals surface area contributed by atoms with Gasteiger partial charge in [0.15, 0.2) is 5.43 Å². The Hall–Kier alpha value is -3.44. The first-order valence-electron chi connectivity index (χ1n) is 10.4. The first-order valence-corrected chi connectivity index (χ1v) is 10.7. The van der Waals surface area contributed by atoms with E-state index in [1.165, 1.54) is 12.1 Å². The Labute approximate surface area is 188 Å². The van der Waals surface area contributed by atoms with E-state index in [1.54, 1.807) is 35.2 Å². The van der Waals surface area contributed by atoms with Gasteiger partial charge in [-0.25, -0.2) is 4.39 Å². The maximum absolute atomic E-state index is 13.5. The van der Waals surface area contributed by atoms with Crippen LogP contribution in [-0.4, -0.2) is 10.8 Å². The van der Waals surface area contributed by atoms with E-state index in [1.807, 2.05) is 24.3 Å². The Morgan fingerprint density at radius 1 is 0.969 bits per heavy atom. The minimum absolute atomic E-state index is 0.0384. The summed E-state index contributed by atoms with van der Waals surface area (Å²) < 4.78 is 19.3. The summed E-state index contributed by atoms with van der Waals surface area (Å²) in [6.07, 6.45) is 0.880. The third kappa shape index (κ3) is 3.39. The minimum atomic E-state index is -0.618. The fourth-order valence-electron chi connectivity index (χ4n) is 4.22. The number of nitrogens with zero attached hydrogens (tertiary/aromatic N) is 1. The number of hydrogen-bond acceptors (Lipinski definition) is 3. The Kier molecular flexibility index (Phi) is 5.06. The van der Waals surface area contributed by atoms with Gasteiger partial charge in [-0.3, -0.25) is 9.59 Å². The van der Waals surface area contributed by atoms with Crippen molar-refractivity contribution in [2.45, 2.75) is 25.9 Å². The van der Waals surface area contributed by atoms with Crippen LogP contribution in [0, 0.1) is 5.82 Å². The molecule has 1 aliphatic rings. The van der Waals surface area contributed by atoms with Gasteiger partial charge in [0.1, 0.15) is 11.4 Å². The highest BCUT2D eigenvalue weighted by atomic mass is 35.5. The third-order valence-electron chi connectivity index (χ3n) is 5.90. The van der Waals surface area contributed by atoms with E-state index in [0.29, 0.717) is 21.6 Å². The molecule has 1 aromatic heterocycles. The average Bonchev–Trinajstić information content (AvgIpc) is 3.08. The Morgan fingerprint density at radius 2 is 1.66 bits per heavy atom. The summed E-state index contributed by atoms with van der Waals surface area (Å²) >= 11 is 6.12. The van der Waals surface area contributed by atoms with Crippen molar-refractivity contribution in [3.63, 3.8) is 0 Å². The molecule has 0 radical (unpaired) electrons. The molecule has 0 N–H and O–H groups in total. The number of benzene rings is 3. The number of hydrogen-bond donors (Lipinski definition) is 0. The van der Waals surface area contributed by atoms with Crippen molar-refractivity contribution in [2.75, 3.05) is 0 Å². The number of aryl methyl sites for hydroxylation is 1. The van der Waals surface area contributed by atoms with Gasteiger partial charge in [-0.15, -0.1) is 0 Å². The molecule has 1 aliphatic heterocycles. The number of fused-ring (bicyclic) bond motifs is 2. The summed E-state index contributed by atoms with van der Waals surface area (Å²) in [6, 6.07) is 18.0. The third-order valence-corrected chi connectivity index (χ3v) is 6.13. The molecular weight excluding hydrogens is 429 g/mol. The average molecular weight is 448 g/mol. The van der Waals surface area contributed by atoms with Crippen molar-refractivity contribution in [1.82, 2.24) is 4.90 Å². The molecule has 1 amide bonds. The van der Waals surface area contributed by atoms with Crippen molar-refractivity contribution in [3.05, 3.63) is 116 Å². The largest absolute Gasteiger partial charge is 0.450 e. The first kappa shape index (κ1) is 20.5. The quantitative estimate of drug-likeness (QED) is 0.391. The fourth-order valence-corrected chi connectivity index (χ4v) is 4.40. The van der Waals surface area contributed by atoms with Crippen LogP contribution in [0.5, 0.6) is 0 Å². The SMILES string of the molecule is CCc1ccc(C2c3c(oc4ccc(Cl)cc4c3=O)C(=O)N2Cc2ccc(F)cc2)cc1. The molecule has 0 aliphatic carbocycles. The second kappa shape index (κ2) is 7.92. The van der Waals surface area contributed by atoms with Gasteiger partial charge in [-0.1, -0.05) is 54.9 Å². The number of rotatable bonds is 4. The van der Waals surface area contributed by atoms with Crippen molar-refractivity contribution < 1.29 is 13.6 Å². The standard InChI is InChI=1S/C26H19ClFNO3/c1-2-15-3-7-17(8-4-15)23-22-24(30)20-13-18(27)9-12-21(20)32-25(22)26(31)29(23)14-16-5-10-19(28)11-6-16/h3-13,23H,2,14H2,1H3. The molecule has 0 bridgehead atoms. The lowest BCUT2D eigenvalue weighted by molar-refractivity contribution is 0.0714. The van der Waals surface area contributed by atoms with E-state index in [0.717, 1.165) is 23.1 Å². The molecule has 0 saturated carbocycles. The molecule has 160 valence electrons. The van der Waals surface area contributed by atoms with Crippen LogP contribution in [0.3, 0.4) is 0 Å². The van der Waals surface area contributed by atoms with Crippen LogP contribution in [0.4, 0.5) is 4.39 Å². The van der Waals surface area contributed by atoms with Crippen LogP contribution in [0.25, 0.3) is 11.0 Å². The highest BCUT2D eigenvalue weighted by Crippen LogP contribution is 2.39. The monoisotopic (exact) mass is 447 g/mol. The normalized spacial score (nSPS) is 15.4. The van der Waals surface area contributed by atoms with E-state index < -0.39 is 6.04 Å². The van der Waals surface area contributed by atoms with Gasteiger partial charge in [-0.2, -0.15) is 0 Å². The topological polar surface area (TPSA) is 50.5 Å². The molecule has 4 nitrogen and oxygen atoms in total. The summed E-state index contributed by atoms with van der Waals surface area (Å²) in [7, 11) is 0. The molecule has 5 rings (SSSR count). The summed E-state index contributed by atoms with van der Waals surface area (Å²) in [4.78, 5) is 28.6. The molecule has 3 aromatic carbocycles. The molecule has 4 aromatic rings. The summed E-state index contributed by atoms with van der Waals surface area (Å²) in [5.74, 6) is -0.684. The highest BCUT2D eigenvalue weighted by Gasteiger charge is 2.42. The zero-order valence-corrected chi connectivity index (χ0v) is 18.0. The molecule has 1 unspecified atom stereocenters. The predicted molar refractivity (Wildman–Crippen MR) is 121 cm³/mol. The maximum Gasteiger partial charge on any atom is 0.291 e. The Bertz CT molecular complexity index is 1390. The van der Waals surface area contributed by atoms with Gasteiger partial charge in [0.2, 0.25) is 5.76 Å². The Balaban J connectivity index is 1.70. The molecular formula is C26H19ClFNO3. The van der Waals surface area contributed by atoms with Crippen LogP contribution in [0.15, 0.2) is 75.9 Å². The number of carbonyl (C=O) groups is 1. The van der Waals surface area contributed by atoms with Gasteiger partial charge >= 0.3 is 0 Å². The van der Waals surface area contributed by atoms with E-state index in [2.05, 4.69) is 6.92 Å². The van der Waals surface area contributed by atoms with Gasteiger partial charge in [0, 0.05) is 11.6 Å². The first-order chi connectivity index (χ1) is 15.5. The lowest BCUT2D eigenvalue weighted by atomic mass is 9.97. The van der Waals surface area contributed by atoms with Gasteiger partial charge in [0.25, 0.3) is 5.91 Å². The highest BCUT2D eigenvalue weighted by molar-refractivity contribution is 6.31. The van der Waals surface area contributed by atoms with Crippen LogP contribution < -0.4 is 5.43 Å². The van der Waals surface area contributed by atoms with Crippen LogP contribution in [0.1, 0.15) is 45.8 Å². The molecule has 32 heavy (non-hydrogen) atoms. The van der Waals surface area contributed by atoms with E-state index in [-0.39, 0.29) is 29.5 Å². The van der Waals surface area contributed by atoms with E-state index in [4.69, 9.17) is 16.0 Å². The van der Waals surface area contributed by atoms with Crippen molar-refractivity contribution in [1.29, 1.82) is 0 Å². The Morgan fingerprint density at radius 3 is 2.34 bits per heavy atom. The summed E-state index contributed by atoms with van der Waals surface area (Å²) in [5, 5.41) is 0.754. The fraction of sp³-hybridized carbons (Fsp3) is 0.154. The predicted octanol–water partition coefficient (Wildman–Crippen LogP) is 5.89. The molecule has 0 spiro atoms. The molecule has 2 heterocycles. The molecule has 1 atom stereocenters. The van der Waals surface area contributed by atoms with Crippen LogP contribution >= 0.6 is 11.6 Å². The number of amides is 1. The minimum Gasteiger partial charge on any atom is -0.450 e. The lowest BCUT2D eigenvalue weighted by Gasteiger charge is -2.25. The van der Waals surface area contributed by atoms with Gasteiger partial charge in [0.05, 0.1) is 17.0 Å². The molecule has 6 heteroatoms. The summed E-state index contributed by atoms with van der Waals surface area (Å²) in [5.41, 5.74) is 3.06.